The van der Waals surface area contributed by atoms with E-state index in [1.54, 1.807) is 36.4 Å². The molecule has 2 aliphatic rings. The van der Waals surface area contributed by atoms with Crippen LogP contribution in [0.25, 0.3) is 11.5 Å². The van der Waals surface area contributed by atoms with Gasteiger partial charge in [0.15, 0.2) is 5.78 Å². The molecule has 2 fully saturated rings. The number of Topliss-reactive ketones (excluding diaryl/α,β-unsaturated/α-hetero) is 1. The molecule has 2 N–H and O–H groups in total. The fraction of sp³-hybridized carbons (Fsp3) is 0.400. The lowest BCUT2D eigenvalue weighted by Gasteiger charge is -2.31. The molecule has 0 amide bonds. The molecule has 15 heteroatoms. The second-order valence-corrected chi connectivity index (χ2v) is 19.8. The third-order valence-corrected chi connectivity index (χ3v) is 15.6. The largest absolute Gasteiger partial charge is 0.415 e. The first-order valence-corrected chi connectivity index (χ1v) is 23.5. The fourth-order valence-electron chi connectivity index (χ4n) is 7.75. The van der Waals surface area contributed by atoms with Gasteiger partial charge in [0, 0.05) is 11.1 Å². The summed E-state index contributed by atoms with van der Waals surface area (Å²) >= 11 is 0. The van der Waals surface area contributed by atoms with Gasteiger partial charge in [-0.2, -0.15) is 8.78 Å². The van der Waals surface area contributed by atoms with Gasteiger partial charge in [-0.05, 0) is 98.2 Å². The minimum atomic E-state index is -3.55. The number of ketones is 1. The Balaban J connectivity index is 0.000000203. The Morgan fingerprint density at radius 1 is 0.683 bits per heavy atom. The molecule has 0 aliphatic heterocycles. The van der Waals surface area contributed by atoms with Crippen molar-refractivity contribution in [3.05, 3.63) is 131 Å². The highest BCUT2D eigenvalue weighted by Gasteiger charge is 2.35. The van der Waals surface area contributed by atoms with Crippen molar-refractivity contribution in [2.45, 2.75) is 108 Å². The zero-order chi connectivity index (χ0) is 42.9. The zero-order valence-electron chi connectivity index (χ0n) is 34.1. The van der Waals surface area contributed by atoms with E-state index in [2.05, 4.69) is 10.2 Å². The molecule has 0 radical (unpaired) electrons. The minimum absolute atomic E-state index is 0.00258. The average Bonchev–Trinajstić information content (AvgIpc) is 3.77. The lowest BCUT2D eigenvalue weighted by Crippen LogP contribution is -2.39. The second-order valence-electron chi connectivity index (χ2n) is 15.6. The van der Waals surface area contributed by atoms with Gasteiger partial charge in [-0.15, -0.1) is 10.2 Å². The van der Waals surface area contributed by atoms with Crippen molar-refractivity contribution < 1.29 is 34.8 Å². The molecule has 0 saturated heterocycles. The number of nitrogens with zero attached hydrogens (tertiary/aromatic N) is 4. The van der Waals surface area contributed by atoms with Crippen molar-refractivity contribution in [1.29, 1.82) is 0 Å². The number of benzene rings is 4. The van der Waals surface area contributed by atoms with Gasteiger partial charge in [0.05, 0.1) is 41.5 Å². The lowest BCUT2D eigenvalue weighted by molar-refractivity contribution is 0.100. The summed E-state index contributed by atoms with van der Waals surface area (Å²) < 4.78 is 87.5. The van der Waals surface area contributed by atoms with Crippen molar-refractivity contribution in [2.75, 3.05) is 15.2 Å². The number of alkyl halides is 2. The van der Waals surface area contributed by atoms with Crippen molar-refractivity contribution in [3.63, 3.8) is 0 Å². The molecule has 0 bridgehead atoms. The van der Waals surface area contributed by atoms with Gasteiger partial charge in [0.2, 0.25) is 25.9 Å². The summed E-state index contributed by atoms with van der Waals surface area (Å²) in [7, 11) is -7.03. The maximum absolute atomic E-state index is 13.6. The number of hydrogen-bond donors (Lipinski definition) is 1. The predicted octanol–water partition coefficient (Wildman–Crippen LogP) is 9.46. The van der Waals surface area contributed by atoms with Crippen LogP contribution in [0.5, 0.6) is 0 Å². The topological polar surface area (TPSA) is 157 Å². The highest BCUT2D eigenvalue weighted by molar-refractivity contribution is 7.93. The molecule has 320 valence electrons. The quantitative estimate of drug-likeness (QED) is 0.107. The van der Waals surface area contributed by atoms with Crippen LogP contribution in [-0.2, 0) is 33.1 Å². The molecule has 7 rings (SSSR count). The van der Waals surface area contributed by atoms with E-state index >= 15 is 0 Å². The van der Waals surface area contributed by atoms with Crippen molar-refractivity contribution in [2.24, 2.45) is 5.73 Å². The van der Waals surface area contributed by atoms with E-state index in [9.17, 15) is 30.4 Å². The number of carbonyl (C=O) groups is 1. The van der Waals surface area contributed by atoms with Crippen molar-refractivity contribution in [1.82, 2.24) is 10.2 Å². The number of nitrogens with two attached hydrogens (primary N) is 1. The Bertz CT molecular complexity index is 2410. The molecule has 0 spiro atoms. The van der Waals surface area contributed by atoms with E-state index in [1.165, 1.54) is 8.61 Å². The molecule has 1 heterocycles. The first-order valence-electron chi connectivity index (χ1n) is 20.5. The van der Waals surface area contributed by atoms with Crippen LogP contribution < -0.4 is 14.3 Å². The predicted molar refractivity (Wildman–Crippen MR) is 231 cm³/mol. The Morgan fingerprint density at radius 2 is 1.13 bits per heavy atom. The summed E-state index contributed by atoms with van der Waals surface area (Å²) in [6.07, 6.45) is 5.89. The summed E-state index contributed by atoms with van der Waals surface area (Å²) in [4.78, 5) is 11.7. The lowest BCUT2D eigenvalue weighted by atomic mass is 10.0. The number of sulfonamides is 2. The number of carbonyl (C=O) groups excluding carboxylic acids is 1. The summed E-state index contributed by atoms with van der Waals surface area (Å²) in [5, 5.41) is 6.27. The maximum Gasteiger partial charge on any atom is 0.314 e. The summed E-state index contributed by atoms with van der Waals surface area (Å²) in [6.45, 7) is 4.28. The molecule has 1 aromatic heterocycles. The molecule has 0 atom stereocenters. The van der Waals surface area contributed by atoms with E-state index in [0.29, 0.717) is 48.2 Å². The molecular weight excluding hydrogens is 809 g/mol. The first-order chi connectivity index (χ1) is 28.8. The SMILES string of the molecule is Cc1cccc(N(Cc2ccc(-c3nnc(C(F)F)o3)cc2)S(=O)(=O)C2CCCCC2)c1.Cc1cccc(N(Cc2ccc(C(=O)CN)cc2)S(=O)(=O)C2CCCCC2)c1. The first kappa shape index (κ1) is 44.6. The van der Waals surface area contributed by atoms with Gasteiger partial charge in [0.1, 0.15) is 0 Å². The smallest absolute Gasteiger partial charge is 0.314 e. The number of aryl methyl sites for hydroxylation is 2. The van der Waals surface area contributed by atoms with Crippen LogP contribution in [0.2, 0.25) is 0 Å². The third-order valence-electron chi connectivity index (χ3n) is 11.1. The maximum atomic E-state index is 13.6. The van der Waals surface area contributed by atoms with Gasteiger partial charge in [-0.3, -0.25) is 13.4 Å². The fourth-order valence-corrected chi connectivity index (χ4v) is 11.8. The van der Waals surface area contributed by atoms with Crippen LogP contribution in [0, 0.1) is 13.8 Å². The molecule has 11 nitrogen and oxygen atoms in total. The van der Waals surface area contributed by atoms with Crippen LogP contribution in [0.1, 0.15) is 109 Å². The van der Waals surface area contributed by atoms with Gasteiger partial charge < -0.3 is 10.2 Å². The third kappa shape index (κ3) is 11.0. The molecule has 0 unspecified atom stereocenters. The molecule has 4 aromatic carbocycles. The van der Waals surface area contributed by atoms with Crippen LogP contribution in [0.15, 0.2) is 101 Å². The average molecular weight is 862 g/mol. The van der Waals surface area contributed by atoms with Crippen LogP contribution in [0.3, 0.4) is 0 Å². The number of aromatic nitrogens is 2. The van der Waals surface area contributed by atoms with Gasteiger partial charge in [-0.25, -0.2) is 16.8 Å². The van der Waals surface area contributed by atoms with E-state index in [0.717, 1.165) is 60.8 Å². The van der Waals surface area contributed by atoms with E-state index in [4.69, 9.17) is 10.2 Å². The summed E-state index contributed by atoms with van der Waals surface area (Å²) in [6, 6.07) is 29.0. The van der Waals surface area contributed by atoms with E-state index in [-0.39, 0.29) is 41.8 Å². The van der Waals surface area contributed by atoms with Gasteiger partial charge in [0.25, 0.3) is 5.89 Å². The number of halogens is 2. The Hall–Kier alpha value is -4.99. The number of rotatable bonds is 14. The van der Waals surface area contributed by atoms with E-state index in [1.807, 2.05) is 74.5 Å². The zero-order valence-corrected chi connectivity index (χ0v) is 35.7. The van der Waals surface area contributed by atoms with E-state index < -0.39 is 32.4 Å². The molecular formula is C45H53F2N5O6S2. The highest BCUT2D eigenvalue weighted by atomic mass is 32.2. The van der Waals surface area contributed by atoms with Gasteiger partial charge >= 0.3 is 6.43 Å². The molecule has 5 aromatic rings. The summed E-state index contributed by atoms with van der Waals surface area (Å²) in [5.74, 6) is -0.859. The molecule has 2 aliphatic carbocycles. The second kappa shape index (κ2) is 20.0. The summed E-state index contributed by atoms with van der Waals surface area (Å²) in [5.41, 5.74) is 11.4. The Morgan fingerprint density at radius 3 is 1.53 bits per heavy atom. The molecule has 60 heavy (non-hydrogen) atoms. The van der Waals surface area contributed by atoms with Crippen molar-refractivity contribution >= 4 is 37.2 Å². The number of anilines is 2. The monoisotopic (exact) mass is 861 g/mol. The van der Waals surface area contributed by atoms with Crippen molar-refractivity contribution in [3.8, 4) is 11.5 Å². The molecule has 2 saturated carbocycles. The Labute approximate surface area is 352 Å². The minimum Gasteiger partial charge on any atom is -0.415 e. The van der Waals surface area contributed by atoms with Crippen LogP contribution in [0.4, 0.5) is 20.2 Å². The van der Waals surface area contributed by atoms with Crippen LogP contribution >= 0.6 is 0 Å². The van der Waals surface area contributed by atoms with Gasteiger partial charge in [-0.1, -0.05) is 99.2 Å². The van der Waals surface area contributed by atoms with Crippen LogP contribution in [-0.4, -0.2) is 49.9 Å². The standard InChI is InChI=1S/C23H25F2N3O3S.C22H28N2O3S/c1-16-6-5-7-19(14-16)28(32(29,30)20-8-3-2-4-9-20)15-17-10-12-18(13-11-17)22-26-27-23(31-22)21(24)25;1-17-6-5-7-20(14-17)24(28(26,27)21-8-3-2-4-9-21)16-18-10-12-19(13-11-18)22(25)15-23/h5-7,10-14,20-21H,2-4,8-9,15H2,1H3;5-7,10-14,21H,2-4,8-9,15-16,23H2,1H3. The normalized spacial score (nSPS) is 15.3. The Kier molecular flexibility index (Phi) is 14.9. The highest BCUT2D eigenvalue weighted by Crippen LogP contribution is 2.33. The number of hydrogen-bond acceptors (Lipinski definition) is 9.